The molecule has 0 aliphatic heterocycles. The Morgan fingerprint density at radius 2 is 1.56 bits per heavy atom. The van der Waals surface area contributed by atoms with Gasteiger partial charge >= 0.3 is 5.97 Å². The summed E-state index contributed by atoms with van der Waals surface area (Å²) in [5, 5.41) is 1.76. The van der Waals surface area contributed by atoms with Crippen molar-refractivity contribution in [3.63, 3.8) is 0 Å². The fourth-order valence-electron chi connectivity index (χ4n) is 5.64. The van der Waals surface area contributed by atoms with E-state index in [1.807, 2.05) is 38.1 Å². The molecule has 6 nitrogen and oxygen atoms in total. The number of nitrogens with zero attached hydrogens (tertiary/aromatic N) is 1. The average Bonchev–Trinajstić information content (AvgIpc) is 3.29. The third-order valence-corrected chi connectivity index (χ3v) is 7.63. The van der Waals surface area contributed by atoms with Gasteiger partial charge in [0.1, 0.15) is 17.1 Å². The van der Waals surface area contributed by atoms with Crippen LogP contribution in [0, 0.1) is 0 Å². The molecule has 4 aromatic carbocycles. The second kappa shape index (κ2) is 13.8. The van der Waals surface area contributed by atoms with Crippen molar-refractivity contribution in [2.45, 2.75) is 38.8 Å². The zero-order chi connectivity index (χ0) is 30.3. The highest BCUT2D eigenvalue weighted by Gasteiger charge is 2.25. The van der Waals surface area contributed by atoms with Gasteiger partial charge in [-0.2, -0.15) is 0 Å². The number of benzene rings is 4. The summed E-state index contributed by atoms with van der Waals surface area (Å²) in [5.41, 5.74) is 12.4. The summed E-state index contributed by atoms with van der Waals surface area (Å²) in [5.74, 6) is 0.585. The summed E-state index contributed by atoms with van der Waals surface area (Å²) in [7, 11) is 1.35. The molecule has 222 valence electrons. The minimum absolute atomic E-state index is 0.0519. The Labute approximate surface area is 257 Å². The number of nitrogens with two attached hydrogens (primary N) is 1. The van der Waals surface area contributed by atoms with Crippen LogP contribution in [0.1, 0.15) is 52.6 Å². The Hall–Kier alpha value is -4.26. The highest BCUT2D eigenvalue weighted by molar-refractivity contribution is 6.31. The van der Waals surface area contributed by atoms with E-state index in [-0.39, 0.29) is 12.1 Å². The van der Waals surface area contributed by atoms with Gasteiger partial charge in [-0.15, -0.1) is 0 Å². The molecule has 1 heterocycles. The maximum Gasteiger partial charge on any atom is 0.341 e. The largest absolute Gasteiger partial charge is 0.493 e. The Morgan fingerprint density at radius 3 is 2.16 bits per heavy atom. The van der Waals surface area contributed by atoms with Gasteiger partial charge in [0.05, 0.1) is 25.9 Å². The Morgan fingerprint density at radius 1 is 0.884 bits per heavy atom. The fraction of sp³-hybridized carbons (Fsp3) is 0.250. The van der Waals surface area contributed by atoms with Gasteiger partial charge in [0.2, 0.25) is 0 Å². The molecular formula is C36H37ClN2O4. The number of halogens is 1. The van der Waals surface area contributed by atoms with E-state index in [0.29, 0.717) is 48.1 Å². The fourth-order valence-corrected chi connectivity index (χ4v) is 5.82. The smallest absolute Gasteiger partial charge is 0.341 e. The predicted molar refractivity (Wildman–Crippen MR) is 173 cm³/mol. The van der Waals surface area contributed by atoms with Crippen molar-refractivity contribution in [1.82, 2.24) is 4.57 Å². The molecule has 43 heavy (non-hydrogen) atoms. The number of rotatable bonds is 12. The number of carbonyl (C=O) groups excluding carboxylic acids is 1. The molecule has 0 aliphatic carbocycles. The minimum Gasteiger partial charge on any atom is -0.493 e. The lowest BCUT2D eigenvalue weighted by molar-refractivity contribution is 0.0594. The van der Waals surface area contributed by atoms with Crippen molar-refractivity contribution in [3.05, 3.63) is 130 Å². The summed E-state index contributed by atoms with van der Waals surface area (Å²) in [6.45, 7) is 4.72. The molecule has 0 saturated heterocycles. The standard InChI is InChI=1S/C36H37ClN2O4/c1-24(2)43-34-23-28(15-16-30(34)36(40)41-3)42-21-19-29-31-22-27(37)14-17-32(31)39(33(29)18-20-38)35(25-10-6-4-7-11-25)26-12-8-5-9-13-26/h4-17,22-24,35H,18-21,38H2,1-3H3. The van der Waals surface area contributed by atoms with Crippen LogP contribution in [0.5, 0.6) is 11.5 Å². The monoisotopic (exact) mass is 596 g/mol. The number of fused-ring (bicyclic) bond motifs is 1. The summed E-state index contributed by atoms with van der Waals surface area (Å²) < 4.78 is 19.5. The Bertz CT molecular complexity index is 1640. The SMILES string of the molecule is COC(=O)c1ccc(OCCc2c(CCN)n(C(c3ccccc3)c3ccccc3)c3ccc(Cl)cc23)cc1OC(C)C. The quantitative estimate of drug-likeness (QED) is 0.150. The second-order valence-electron chi connectivity index (χ2n) is 10.6. The normalized spacial score (nSPS) is 11.3. The van der Waals surface area contributed by atoms with Crippen LogP contribution in [0.2, 0.25) is 5.02 Å². The van der Waals surface area contributed by atoms with E-state index in [2.05, 4.69) is 59.2 Å². The highest BCUT2D eigenvalue weighted by Crippen LogP contribution is 2.38. The summed E-state index contributed by atoms with van der Waals surface area (Å²) in [6, 6.07) is 32.3. The van der Waals surface area contributed by atoms with E-state index in [1.165, 1.54) is 18.2 Å². The molecule has 0 spiro atoms. The molecule has 5 aromatic rings. The zero-order valence-electron chi connectivity index (χ0n) is 24.8. The van der Waals surface area contributed by atoms with Crippen molar-refractivity contribution in [2.75, 3.05) is 20.3 Å². The van der Waals surface area contributed by atoms with Crippen LogP contribution >= 0.6 is 11.6 Å². The highest BCUT2D eigenvalue weighted by atomic mass is 35.5. The molecule has 0 radical (unpaired) electrons. The van der Waals surface area contributed by atoms with Crippen LogP contribution in [-0.2, 0) is 17.6 Å². The Kier molecular flexibility index (Phi) is 9.70. The van der Waals surface area contributed by atoms with Crippen molar-refractivity contribution < 1.29 is 19.0 Å². The van der Waals surface area contributed by atoms with Crippen molar-refractivity contribution in [1.29, 1.82) is 0 Å². The molecule has 5 rings (SSSR count). The van der Waals surface area contributed by atoms with E-state index in [4.69, 9.17) is 31.5 Å². The second-order valence-corrected chi connectivity index (χ2v) is 11.1. The predicted octanol–water partition coefficient (Wildman–Crippen LogP) is 7.63. The van der Waals surface area contributed by atoms with Crippen LogP contribution < -0.4 is 15.2 Å². The molecule has 0 bridgehead atoms. The number of methoxy groups -OCH3 is 1. The first-order valence-electron chi connectivity index (χ1n) is 14.5. The lowest BCUT2D eigenvalue weighted by Gasteiger charge is -2.25. The molecule has 0 atom stereocenters. The van der Waals surface area contributed by atoms with Gasteiger partial charge < -0.3 is 24.5 Å². The van der Waals surface area contributed by atoms with Gasteiger partial charge in [-0.25, -0.2) is 4.79 Å². The van der Waals surface area contributed by atoms with E-state index in [1.54, 1.807) is 18.2 Å². The number of hydrogen-bond donors (Lipinski definition) is 1. The van der Waals surface area contributed by atoms with E-state index < -0.39 is 5.97 Å². The molecule has 2 N–H and O–H groups in total. The van der Waals surface area contributed by atoms with Crippen LogP contribution in [-0.4, -0.2) is 36.9 Å². The maximum atomic E-state index is 12.3. The van der Waals surface area contributed by atoms with Gasteiger partial charge in [-0.3, -0.25) is 0 Å². The maximum absolute atomic E-state index is 12.3. The van der Waals surface area contributed by atoms with Gasteiger partial charge in [0.15, 0.2) is 0 Å². The topological polar surface area (TPSA) is 75.7 Å². The minimum atomic E-state index is -0.454. The number of esters is 1. The molecule has 7 heteroatoms. The third kappa shape index (κ3) is 6.71. The van der Waals surface area contributed by atoms with E-state index in [0.717, 1.165) is 22.2 Å². The van der Waals surface area contributed by atoms with Crippen molar-refractivity contribution in [2.24, 2.45) is 5.73 Å². The Balaban J connectivity index is 1.55. The van der Waals surface area contributed by atoms with Crippen LogP contribution in [0.3, 0.4) is 0 Å². The van der Waals surface area contributed by atoms with Gasteiger partial charge in [0.25, 0.3) is 0 Å². The number of carbonyl (C=O) groups is 1. The van der Waals surface area contributed by atoms with E-state index >= 15 is 0 Å². The molecule has 0 amide bonds. The van der Waals surface area contributed by atoms with Crippen LogP contribution in [0.4, 0.5) is 0 Å². The van der Waals surface area contributed by atoms with Gasteiger partial charge in [-0.1, -0.05) is 72.3 Å². The average molecular weight is 597 g/mol. The van der Waals surface area contributed by atoms with E-state index in [9.17, 15) is 4.79 Å². The first-order chi connectivity index (χ1) is 20.9. The molecule has 0 saturated carbocycles. The first kappa shape index (κ1) is 30.2. The van der Waals surface area contributed by atoms with Crippen molar-refractivity contribution >= 4 is 28.5 Å². The number of aromatic nitrogens is 1. The summed E-state index contributed by atoms with van der Waals surface area (Å²) in [4.78, 5) is 12.3. The molecule has 0 fully saturated rings. The van der Waals surface area contributed by atoms with Crippen LogP contribution in [0.15, 0.2) is 97.1 Å². The first-order valence-corrected chi connectivity index (χ1v) is 14.9. The lowest BCUT2D eigenvalue weighted by atomic mass is 9.97. The van der Waals surface area contributed by atoms with Gasteiger partial charge in [0, 0.05) is 40.5 Å². The van der Waals surface area contributed by atoms with Gasteiger partial charge in [-0.05, 0) is 67.4 Å². The molecular weight excluding hydrogens is 560 g/mol. The van der Waals surface area contributed by atoms with Crippen LogP contribution in [0.25, 0.3) is 10.9 Å². The zero-order valence-corrected chi connectivity index (χ0v) is 25.5. The molecule has 0 unspecified atom stereocenters. The third-order valence-electron chi connectivity index (χ3n) is 7.39. The molecule has 0 aliphatic rings. The summed E-state index contributed by atoms with van der Waals surface area (Å²) in [6.07, 6.45) is 1.21. The number of hydrogen-bond acceptors (Lipinski definition) is 5. The van der Waals surface area contributed by atoms with Crippen molar-refractivity contribution in [3.8, 4) is 11.5 Å². The lowest BCUT2D eigenvalue weighted by Crippen LogP contribution is -2.18. The molecule has 1 aromatic heterocycles. The summed E-state index contributed by atoms with van der Waals surface area (Å²) >= 11 is 6.57. The number of ether oxygens (including phenoxy) is 3.